The number of hydrogen-bond acceptors (Lipinski definition) is 4. The fraction of sp³-hybridized carbons (Fsp3) is 0.467. The number of rotatable bonds is 5. The third-order valence-electron chi connectivity index (χ3n) is 3.59. The topological polar surface area (TPSA) is 82.2 Å². The number of amides is 1. The van der Waals surface area contributed by atoms with Crippen LogP contribution in [0.15, 0.2) is 24.3 Å². The Kier molecular flexibility index (Phi) is 5.10. The molecule has 1 saturated heterocycles. The number of likely N-dealkylation sites (tertiary alicyclic amines) is 1. The van der Waals surface area contributed by atoms with Crippen molar-refractivity contribution in [2.75, 3.05) is 31.5 Å². The molecular weight excluding hydrogens is 252 g/mol. The number of carbonyl (C=O) groups is 1. The fourth-order valence-corrected chi connectivity index (χ4v) is 2.45. The van der Waals surface area contributed by atoms with Crippen LogP contribution in [0.2, 0.25) is 0 Å². The van der Waals surface area contributed by atoms with Crippen LogP contribution in [0.25, 0.3) is 0 Å². The lowest BCUT2D eigenvalue weighted by Crippen LogP contribution is -2.32. The van der Waals surface area contributed by atoms with E-state index in [1.54, 1.807) is 0 Å². The monoisotopic (exact) mass is 272 g/mol. The van der Waals surface area contributed by atoms with Gasteiger partial charge in [-0.1, -0.05) is 12.1 Å². The first-order chi connectivity index (χ1) is 9.71. The van der Waals surface area contributed by atoms with Crippen molar-refractivity contribution in [1.29, 1.82) is 5.26 Å². The van der Waals surface area contributed by atoms with Gasteiger partial charge in [-0.2, -0.15) is 5.26 Å². The van der Waals surface area contributed by atoms with Gasteiger partial charge in [0.2, 0.25) is 5.91 Å². The molecule has 1 heterocycles. The molecular formula is C15H20N4O. The van der Waals surface area contributed by atoms with Gasteiger partial charge in [-0.25, -0.2) is 0 Å². The van der Waals surface area contributed by atoms with E-state index in [4.69, 9.17) is 11.0 Å². The Morgan fingerprint density at radius 3 is 2.80 bits per heavy atom. The minimum absolute atomic E-state index is 0.00398. The number of benzene rings is 1. The molecule has 1 aromatic carbocycles. The molecule has 1 amide bonds. The summed E-state index contributed by atoms with van der Waals surface area (Å²) in [4.78, 5) is 14.1. The maximum Gasteiger partial charge on any atom is 0.238 e. The smallest absolute Gasteiger partial charge is 0.238 e. The molecule has 1 aliphatic heterocycles. The van der Waals surface area contributed by atoms with Crippen LogP contribution >= 0.6 is 0 Å². The number of nitrogens with one attached hydrogen (secondary N) is 1. The third kappa shape index (κ3) is 4.05. The zero-order valence-corrected chi connectivity index (χ0v) is 11.5. The van der Waals surface area contributed by atoms with E-state index < -0.39 is 0 Å². The van der Waals surface area contributed by atoms with Gasteiger partial charge >= 0.3 is 0 Å². The molecule has 0 spiro atoms. The van der Waals surface area contributed by atoms with Crippen LogP contribution in [0, 0.1) is 17.2 Å². The summed E-state index contributed by atoms with van der Waals surface area (Å²) in [6.07, 6.45) is 1.47. The Hall–Kier alpha value is -1.90. The number of hydrogen-bond donors (Lipinski definition) is 2. The molecule has 1 fully saturated rings. The second-order valence-electron chi connectivity index (χ2n) is 5.21. The first-order valence-corrected chi connectivity index (χ1v) is 6.89. The van der Waals surface area contributed by atoms with Gasteiger partial charge in [-0.15, -0.1) is 0 Å². The molecule has 2 rings (SSSR count). The summed E-state index contributed by atoms with van der Waals surface area (Å²) in [5, 5.41) is 11.5. The van der Waals surface area contributed by atoms with Gasteiger partial charge in [0.15, 0.2) is 0 Å². The first kappa shape index (κ1) is 14.5. The van der Waals surface area contributed by atoms with Gasteiger partial charge in [0.25, 0.3) is 0 Å². The molecule has 106 valence electrons. The minimum atomic E-state index is -0.00398. The second kappa shape index (κ2) is 7.04. The van der Waals surface area contributed by atoms with Crippen LogP contribution in [0.1, 0.15) is 12.0 Å². The second-order valence-corrected chi connectivity index (χ2v) is 5.21. The molecule has 0 radical (unpaired) electrons. The van der Waals surface area contributed by atoms with Gasteiger partial charge in [-0.3, -0.25) is 9.69 Å². The number of nitriles is 1. The van der Waals surface area contributed by atoms with Crippen LogP contribution < -0.4 is 11.1 Å². The Balaban J connectivity index is 1.81. The predicted octanol–water partition coefficient (Wildman–Crippen LogP) is 0.972. The number of nitrogens with two attached hydrogens (primary N) is 1. The lowest BCUT2D eigenvalue weighted by Gasteiger charge is -2.15. The van der Waals surface area contributed by atoms with Crippen molar-refractivity contribution in [3.63, 3.8) is 0 Å². The quantitative estimate of drug-likeness (QED) is 0.837. The summed E-state index contributed by atoms with van der Waals surface area (Å²) in [7, 11) is 0. The normalized spacial score (nSPS) is 18.7. The molecule has 0 aromatic heterocycles. The summed E-state index contributed by atoms with van der Waals surface area (Å²) in [5.41, 5.74) is 7.36. The van der Waals surface area contributed by atoms with E-state index in [0.29, 0.717) is 25.4 Å². The van der Waals surface area contributed by atoms with Crippen molar-refractivity contribution in [3.05, 3.63) is 29.8 Å². The molecule has 0 bridgehead atoms. The van der Waals surface area contributed by atoms with Crippen molar-refractivity contribution in [1.82, 2.24) is 4.90 Å². The van der Waals surface area contributed by atoms with Crippen molar-refractivity contribution in [2.24, 2.45) is 11.7 Å². The Morgan fingerprint density at radius 1 is 1.45 bits per heavy atom. The molecule has 0 saturated carbocycles. The molecule has 1 atom stereocenters. The third-order valence-corrected chi connectivity index (χ3v) is 3.59. The van der Waals surface area contributed by atoms with Crippen LogP contribution in [-0.4, -0.2) is 37.0 Å². The SMILES string of the molecule is N#CCc1ccc(NC(=O)CN2CCC(CN)C2)cc1. The lowest BCUT2D eigenvalue weighted by molar-refractivity contribution is -0.117. The van der Waals surface area contributed by atoms with Crippen LogP contribution in [0.5, 0.6) is 0 Å². The zero-order chi connectivity index (χ0) is 14.4. The average molecular weight is 272 g/mol. The summed E-state index contributed by atoms with van der Waals surface area (Å²) in [6.45, 7) is 2.95. The van der Waals surface area contributed by atoms with Gasteiger partial charge in [0.05, 0.1) is 19.0 Å². The van der Waals surface area contributed by atoms with Crippen LogP contribution in [-0.2, 0) is 11.2 Å². The molecule has 1 aliphatic rings. The average Bonchev–Trinajstić information content (AvgIpc) is 2.89. The highest BCUT2D eigenvalue weighted by Gasteiger charge is 2.22. The Bertz CT molecular complexity index is 492. The molecule has 20 heavy (non-hydrogen) atoms. The number of nitrogens with zero attached hydrogens (tertiary/aromatic N) is 2. The van der Waals surface area contributed by atoms with E-state index in [-0.39, 0.29) is 5.91 Å². The van der Waals surface area contributed by atoms with Gasteiger partial charge in [0.1, 0.15) is 0 Å². The van der Waals surface area contributed by atoms with Crippen molar-refractivity contribution in [3.8, 4) is 6.07 Å². The first-order valence-electron chi connectivity index (χ1n) is 6.89. The van der Waals surface area contributed by atoms with Crippen LogP contribution in [0.3, 0.4) is 0 Å². The van der Waals surface area contributed by atoms with E-state index in [9.17, 15) is 4.79 Å². The molecule has 5 heteroatoms. The maximum absolute atomic E-state index is 11.9. The minimum Gasteiger partial charge on any atom is -0.330 e. The molecule has 3 N–H and O–H groups in total. The zero-order valence-electron chi connectivity index (χ0n) is 11.5. The van der Waals surface area contributed by atoms with Crippen LogP contribution in [0.4, 0.5) is 5.69 Å². The highest BCUT2D eigenvalue weighted by atomic mass is 16.2. The van der Waals surface area contributed by atoms with Gasteiger partial charge in [-0.05, 0) is 43.1 Å². The van der Waals surface area contributed by atoms with Crippen molar-refractivity contribution >= 4 is 11.6 Å². The highest BCUT2D eigenvalue weighted by molar-refractivity contribution is 5.92. The summed E-state index contributed by atoms with van der Waals surface area (Å²) >= 11 is 0. The van der Waals surface area contributed by atoms with Crippen molar-refractivity contribution in [2.45, 2.75) is 12.8 Å². The number of anilines is 1. The standard InChI is InChI=1S/C15H20N4O/c16-7-5-12-1-3-14(4-2-12)18-15(20)11-19-8-6-13(9-17)10-19/h1-4,13H,5-6,8-11,17H2,(H,18,20). The Morgan fingerprint density at radius 2 is 2.20 bits per heavy atom. The van der Waals surface area contributed by atoms with Gasteiger partial charge < -0.3 is 11.1 Å². The van der Waals surface area contributed by atoms with E-state index in [1.165, 1.54) is 0 Å². The highest BCUT2D eigenvalue weighted by Crippen LogP contribution is 2.15. The maximum atomic E-state index is 11.9. The largest absolute Gasteiger partial charge is 0.330 e. The summed E-state index contributed by atoms with van der Waals surface area (Å²) < 4.78 is 0. The van der Waals surface area contributed by atoms with E-state index in [2.05, 4.69) is 16.3 Å². The molecule has 0 aliphatic carbocycles. The predicted molar refractivity (Wildman–Crippen MR) is 78.0 cm³/mol. The van der Waals surface area contributed by atoms with Crippen molar-refractivity contribution < 1.29 is 4.79 Å². The molecule has 5 nitrogen and oxygen atoms in total. The van der Waals surface area contributed by atoms with Gasteiger partial charge in [0, 0.05) is 12.2 Å². The molecule has 1 aromatic rings. The Labute approximate surface area is 119 Å². The fourth-order valence-electron chi connectivity index (χ4n) is 2.45. The lowest BCUT2D eigenvalue weighted by atomic mass is 10.1. The van der Waals surface area contributed by atoms with E-state index in [1.807, 2.05) is 24.3 Å². The summed E-state index contributed by atoms with van der Waals surface area (Å²) in [5.74, 6) is 0.517. The van der Waals surface area contributed by atoms with E-state index >= 15 is 0 Å². The number of carbonyl (C=O) groups excluding carboxylic acids is 1. The summed E-state index contributed by atoms with van der Waals surface area (Å²) in [6, 6.07) is 9.48. The molecule has 1 unspecified atom stereocenters. The van der Waals surface area contributed by atoms with E-state index in [0.717, 1.165) is 30.8 Å².